The lowest BCUT2D eigenvalue weighted by atomic mass is 10.2. The molecular weight excluding hydrogens is 408 g/mol. The number of benzene rings is 1. The van der Waals surface area contributed by atoms with E-state index in [1.165, 1.54) is 22.2 Å². The smallest absolute Gasteiger partial charge is 0.271 e. The fourth-order valence-electron chi connectivity index (χ4n) is 2.94. The van der Waals surface area contributed by atoms with E-state index in [2.05, 4.69) is 4.98 Å². The van der Waals surface area contributed by atoms with Crippen molar-refractivity contribution < 1.29 is 14.6 Å². The molecule has 0 amide bonds. The first-order chi connectivity index (χ1) is 14.1. The molecule has 3 heterocycles. The molecule has 0 aliphatic carbocycles. The molecule has 150 valence electrons. The molecule has 0 bridgehead atoms. The van der Waals surface area contributed by atoms with Crippen molar-refractivity contribution in [2.24, 2.45) is 0 Å². The Morgan fingerprint density at radius 1 is 1.24 bits per heavy atom. The van der Waals surface area contributed by atoms with Crippen LogP contribution >= 0.6 is 22.7 Å². The number of thiophene rings is 2. The van der Waals surface area contributed by atoms with Gasteiger partial charge in [0.15, 0.2) is 0 Å². The van der Waals surface area contributed by atoms with Gasteiger partial charge in [-0.25, -0.2) is 4.98 Å². The molecule has 1 aromatic carbocycles. The largest absolute Gasteiger partial charge is 0.497 e. The number of aromatic nitrogens is 2. The first kappa shape index (κ1) is 19.8. The average Bonchev–Trinajstić information content (AvgIpc) is 3.40. The summed E-state index contributed by atoms with van der Waals surface area (Å²) in [6.45, 7) is 0.753. The third-order valence-corrected chi connectivity index (χ3v) is 6.43. The maximum atomic E-state index is 12.8. The summed E-state index contributed by atoms with van der Waals surface area (Å²) in [7, 11) is 1.63. The average molecular weight is 429 g/mol. The van der Waals surface area contributed by atoms with Crippen LogP contribution in [0.5, 0.6) is 5.75 Å². The summed E-state index contributed by atoms with van der Waals surface area (Å²) in [6, 6.07) is 13.5. The Labute approximate surface area is 175 Å². The first-order valence-corrected chi connectivity index (χ1v) is 10.8. The standard InChI is InChI=1S/C21H20N2O4S2/c1-26-16-6-4-14(5-7-16)19-9-18-20(29-19)21(25)23(13-22-18)10-15(24)11-27-12-17-3-2-8-28-17/h2-9,13,15,24H,10-12H2,1H3. The van der Waals surface area contributed by atoms with Crippen LogP contribution in [0.25, 0.3) is 20.7 Å². The Kier molecular flexibility index (Phi) is 6.05. The van der Waals surface area contributed by atoms with E-state index < -0.39 is 6.10 Å². The van der Waals surface area contributed by atoms with Gasteiger partial charge in [-0.05, 0) is 47.3 Å². The molecule has 4 aromatic rings. The van der Waals surface area contributed by atoms with Gasteiger partial charge in [0.25, 0.3) is 5.56 Å². The van der Waals surface area contributed by atoms with Gasteiger partial charge in [-0.1, -0.05) is 6.07 Å². The van der Waals surface area contributed by atoms with Gasteiger partial charge in [-0.2, -0.15) is 0 Å². The van der Waals surface area contributed by atoms with Crippen LogP contribution in [0.1, 0.15) is 4.88 Å². The van der Waals surface area contributed by atoms with Crippen molar-refractivity contribution in [2.75, 3.05) is 13.7 Å². The number of methoxy groups -OCH3 is 1. The van der Waals surface area contributed by atoms with Crippen LogP contribution in [0, 0.1) is 0 Å². The van der Waals surface area contributed by atoms with Gasteiger partial charge < -0.3 is 14.6 Å². The van der Waals surface area contributed by atoms with E-state index in [1.807, 2.05) is 47.8 Å². The van der Waals surface area contributed by atoms with Crippen molar-refractivity contribution in [2.45, 2.75) is 19.3 Å². The van der Waals surface area contributed by atoms with Gasteiger partial charge >= 0.3 is 0 Å². The van der Waals surface area contributed by atoms with Crippen LogP contribution in [-0.2, 0) is 17.9 Å². The molecule has 0 radical (unpaired) electrons. The van der Waals surface area contributed by atoms with Crippen LogP contribution < -0.4 is 10.3 Å². The summed E-state index contributed by atoms with van der Waals surface area (Å²) < 4.78 is 12.7. The normalized spacial score (nSPS) is 12.3. The number of nitrogens with zero attached hydrogens (tertiary/aromatic N) is 2. The minimum atomic E-state index is -0.784. The van der Waals surface area contributed by atoms with Gasteiger partial charge in [-0.15, -0.1) is 22.7 Å². The van der Waals surface area contributed by atoms with E-state index in [-0.39, 0.29) is 18.7 Å². The number of ether oxygens (including phenoxy) is 2. The summed E-state index contributed by atoms with van der Waals surface area (Å²) >= 11 is 3.01. The number of aliphatic hydroxyl groups is 1. The van der Waals surface area contributed by atoms with Crippen molar-refractivity contribution in [3.8, 4) is 16.2 Å². The zero-order valence-electron chi connectivity index (χ0n) is 15.8. The summed E-state index contributed by atoms with van der Waals surface area (Å²) in [5.74, 6) is 0.783. The van der Waals surface area contributed by atoms with Crippen molar-refractivity contribution in [1.29, 1.82) is 0 Å². The molecule has 1 atom stereocenters. The summed E-state index contributed by atoms with van der Waals surface area (Å²) in [4.78, 5) is 19.3. The molecule has 0 spiro atoms. The Bertz CT molecular complexity index is 1130. The zero-order chi connectivity index (χ0) is 20.2. The molecule has 29 heavy (non-hydrogen) atoms. The molecule has 8 heteroatoms. The van der Waals surface area contributed by atoms with Crippen LogP contribution in [-0.4, -0.2) is 34.5 Å². The minimum absolute atomic E-state index is 0.141. The summed E-state index contributed by atoms with van der Waals surface area (Å²) in [6.07, 6.45) is 0.699. The first-order valence-electron chi connectivity index (χ1n) is 9.05. The third kappa shape index (κ3) is 4.56. The fourth-order valence-corrected chi connectivity index (χ4v) is 4.65. The van der Waals surface area contributed by atoms with Crippen LogP contribution in [0.15, 0.2) is 59.0 Å². The summed E-state index contributed by atoms with van der Waals surface area (Å²) in [5.41, 5.74) is 1.50. The quantitative estimate of drug-likeness (QED) is 0.462. The maximum absolute atomic E-state index is 12.8. The molecule has 0 aliphatic rings. The van der Waals surface area contributed by atoms with E-state index >= 15 is 0 Å². The SMILES string of the molecule is COc1ccc(-c2cc3ncn(CC(O)COCc4cccs4)c(=O)c3s2)cc1. The fraction of sp³-hybridized carbons (Fsp3) is 0.238. The molecule has 0 aliphatic heterocycles. The molecular formula is C21H20N2O4S2. The second-order valence-electron chi connectivity index (χ2n) is 6.50. The van der Waals surface area contributed by atoms with Crippen LogP contribution in [0.2, 0.25) is 0 Å². The number of fused-ring (bicyclic) bond motifs is 1. The number of hydrogen-bond acceptors (Lipinski definition) is 7. The highest BCUT2D eigenvalue weighted by molar-refractivity contribution is 7.22. The van der Waals surface area contributed by atoms with Gasteiger partial charge in [0.1, 0.15) is 10.4 Å². The topological polar surface area (TPSA) is 73.6 Å². The number of hydrogen-bond donors (Lipinski definition) is 1. The molecule has 4 rings (SSSR count). The van der Waals surface area contributed by atoms with E-state index in [0.717, 1.165) is 21.1 Å². The highest BCUT2D eigenvalue weighted by Crippen LogP contribution is 2.31. The molecule has 1 N–H and O–H groups in total. The van der Waals surface area contributed by atoms with Gasteiger partial charge in [0.2, 0.25) is 0 Å². The Hall–Kier alpha value is -2.52. The molecule has 6 nitrogen and oxygen atoms in total. The van der Waals surface area contributed by atoms with Crippen molar-refractivity contribution in [3.63, 3.8) is 0 Å². The van der Waals surface area contributed by atoms with E-state index in [1.54, 1.807) is 18.4 Å². The number of rotatable bonds is 8. The third-order valence-electron chi connectivity index (χ3n) is 4.42. The molecule has 1 unspecified atom stereocenters. The van der Waals surface area contributed by atoms with E-state index in [9.17, 15) is 9.90 Å². The second kappa shape index (κ2) is 8.87. The molecule has 0 saturated heterocycles. The van der Waals surface area contributed by atoms with Gasteiger partial charge in [0, 0.05) is 9.75 Å². The lowest BCUT2D eigenvalue weighted by molar-refractivity contribution is 0.0207. The highest BCUT2D eigenvalue weighted by atomic mass is 32.1. The van der Waals surface area contributed by atoms with Gasteiger partial charge in [0.05, 0.1) is 44.8 Å². The lowest BCUT2D eigenvalue weighted by Gasteiger charge is -2.12. The zero-order valence-corrected chi connectivity index (χ0v) is 17.4. The Morgan fingerprint density at radius 3 is 2.79 bits per heavy atom. The number of aliphatic hydroxyl groups excluding tert-OH is 1. The predicted molar refractivity (Wildman–Crippen MR) is 116 cm³/mol. The van der Waals surface area contributed by atoms with Crippen LogP contribution in [0.3, 0.4) is 0 Å². The van der Waals surface area contributed by atoms with E-state index in [4.69, 9.17) is 9.47 Å². The van der Waals surface area contributed by atoms with E-state index in [0.29, 0.717) is 16.8 Å². The molecule has 3 aromatic heterocycles. The summed E-state index contributed by atoms with van der Waals surface area (Å²) in [5, 5.41) is 12.2. The molecule has 0 fully saturated rings. The molecule has 0 saturated carbocycles. The lowest BCUT2D eigenvalue weighted by Crippen LogP contribution is -2.29. The van der Waals surface area contributed by atoms with Crippen molar-refractivity contribution in [1.82, 2.24) is 9.55 Å². The maximum Gasteiger partial charge on any atom is 0.271 e. The van der Waals surface area contributed by atoms with Gasteiger partial charge in [-0.3, -0.25) is 9.36 Å². The Morgan fingerprint density at radius 2 is 2.07 bits per heavy atom. The Balaban J connectivity index is 1.47. The van der Waals surface area contributed by atoms with Crippen molar-refractivity contribution in [3.05, 3.63) is 69.4 Å². The highest BCUT2D eigenvalue weighted by Gasteiger charge is 2.13. The second-order valence-corrected chi connectivity index (χ2v) is 8.59. The van der Waals surface area contributed by atoms with Crippen molar-refractivity contribution >= 4 is 32.9 Å². The predicted octanol–water partition coefficient (Wildman–Crippen LogP) is 3.77. The minimum Gasteiger partial charge on any atom is -0.497 e. The van der Waals surface area contributed by atoms with Crippen LogP contribution in [0.4, 0.5) is 0 Å². The monoisotopic (exact) mass is 428 g/mol.